The van der Waals surface area contributed by atoms with E-state index >= 15 is 0 Å². The minimum atomic E-state index is -0.919. The van der Waals surface area contributed by atoms with Crippen LogP contribution in [0.25, 0.3) is 0 Å². The average Bonchev–Trinajstić information content (AvgIpc) is 3.43. The standard InChI is InChI=1S/C19H25ClN2O3/c1-3-14-6-4-5-11-22(14)18(24)19(9-10-19)17(23)21-15-12-13(20)7-8-16(15)25-2/h7-8,12,14H,3-6,9-11H2,1-2H3,(H,21,23). The van der Waals surface area contributed by atoms with Gasteiger partial charge >= 0.3 is 0 Å². The van der Waals surface area contributed by atoms with Crippen LogP contribution in [0.2, 0.25) is 5.02 Å². The Labute approximate surface area is 153 Å². The molecule has 1 aromatic carbocycles. The van der Waals surface area contributed by atoms with E-state index in [2.05, 4.69) is 12.2 Å². The van der Waals surface area contributed by atoms with Crippen molar-refractivity contribution in [1.29, 1.82) is 0 Å². The molecule has 0 aromatic heterocycles. The number of rotatable bonds is 5. The van der Waals surface area contributed by atoms with Gasteiger partial charge in [-0.3, -0.25) is 9.59 Å². The smallest absolute Gasteiger partial charge is 0.240 e. The van der Waals surface area contributed by atoms with Crippen LogP contribution in [0.1, 0.15) is 45.4 Å². The highest BCUT2D eigenvalue weighted by atomic mass is 35.5. The van der Waals surface area contributed by atoms with Crippen LogP contribution < -0.4 is 10.1 Å². The minimum absolute atomic E-state index is 0.0162. The zero-order chi connectivity index (χ0) is 18.0. The second-order valence-electron chi connectivity index (χ2n) is 6.94. The summed E-state index contributed by atoms with van der Waals surface area (Å²) in [5, 5.41) is 3.37. The van der Waals surface area contributed by atoms with E-state index in [4.69, 9.17) is 16.3 Å². The van der Waals surface area contributed by atoms with E-state index in [-0.39, 0.29) is 17.9 Å². The highest BCUT2D eigenvalue weighted by molar-refractivity contribution is 6.31. The van der Waals surface area contributed by atoms with E-state index in [1.807, 2.05) is 4.90 Å². The van der Waals surface area contributed by atoms with E-state index in [9.17, 15) is 9.59 Å². The van der Waals surface area contributed by atoms with Crippen molar-refractivity contribution in [2.24, 2.45) is 5.41 Å². The average molecular weight is 365 g/mol. The van der Waals surface area contributed by atoms with Gasteiger partial charge in [-0.15, -0.1) is 0 Å². The van der Waals surface area contributed by atoms with Gasteiger partial charge in [-0.2, -0.15) is 0 Å². The number of likely N-dealkylation sites (tertiary alicyclic amines) is 1. The fourth-order valence-electron chi connectivity index (χ4n) is 3.65. The number of hydrogen-bond acceptors (Lipinski definition) is 3. The number of amides is 2. The van der Waals surface area contributed by atoms with Crippen molar-refractivity contribution in [2.75, 3.05) is 19.0 Å². The normalized spacial score (nSPS) is 21.6. The SMILES string of the molecule is CCC1CCCCN1C(=O)C1(C(=O)Nc2cc(Cl)ccc2OC)CC1. The zero-order valence-electron chi connectivity index (χ0n) is 14.8. The van der Waals surface area contributed by atoms with Crippen molar-refractivity contribution in [3.8, 4) is 5.75 Å². The van der Waals surface area contributed by atoms with Crippen LogP contribution in [-0.4, -0.2) is 36.4 Å². The molecule has 0 spiro atoms. The second-order valence-corrected chi connectivity index (χ2v) is 7.37. The molecule has 2 aliphatic rings. The molecule has 1 saturated heterocycles. The lowest BCUT2D eigenvalue weighted by atomic mass is 9.95. The number of methoxy groups -OCH3 is 1. The van der Waals surface area contributed by atoms with Crippen molar-refractivity contribution in [2.45, 2.75) is 51.5 Å². The number of hydrogen-bond donors (Lipinski definition) is 1. The third-order valence-corrected chi connectivity index (χ3v) is 5.60. The van der Waals surface area contributed by atoms with E-state index in [0.29, 0.717) is 29.3 Å². The maximum atomic E-state index is 13.1. The summed E-state index contributed by atoms with van der Waals surface area (Å²) in [5.74, 6) is 0.265. The fraction of sp³-hybridized carbons (Fsp3) is 0.579. The Morgan fingerprint density at radius 2 is 2.12 bits per heavy atom. The molecular formula is C19H25ClN2O3. The largest absolute Gasteiger partial charge is 0.495 e. The number of nitrogens with one attached hydrogen (secondary N) is 1. The molecule has 1 aromatic rings. The summed E-state index contributed by atoms with van der Waals surface area (Å²) >= 11 is 6.03. The van der Waals surface area contributed by atoms with Crippen molar-refractivity contribution in [3.05, 3.63) is 23.2 Å². The number of piperidine rings is 1. The van der Waals surface area contributed by atoms with Gasteiger partial charge in [0.25, 0.3) is 0 Å². The van der Waals surface area contributed by atoms with Gasteiger partial charge in [-0.1, -0.05) is 18.5 Å². The van der Waals surface area contributed by atoms with Gasteiger partial charge in [0.1, 0.15) is 11.2 Å². The summed E-state index contributed by atoms with van der Waals surface area (Å²) in [6.07, 6.45) is 5.35. The predicted molar refractivity (Wildman–Crippen MR) is 97.9 cm³/mol. The van der Waals surface area contributed by atoms with Gasteiger partial charge in [0.2, 0.25) is 11.8 Å². The molecule has 3 rings (SSSR count). The second kappa shape index (κ2) is 7.24. The molecular weight excluding hydrogens is 340 g/mol. The number of anilines is 1. The molecule has 5 nitrogen and oxygen atoms in total. The van der Waals surface area contributed by atoms with Crippen LogP contribution in [0.5, 0.6) is 5.75 Å². The Morgan fingerprint density at radius 3 is 2.76 bits per heavy atom. The first kappa shape index (κ1) is 18.1. The third kappa shape index (κ3) is 3.47. The number of nitrogens with zero attached hydrogens (tertiary/aromatic N) is 1. The van der Waals surface area contributed by atoms with E-state index < -0.39 is 5.41 Å². The Morgan fingerprint density at radius 1 is 1.36 bits per heavy atom. The molecule has 1 heterocycles. The molecule has 2 amide bonds. The monoisotopic (exact) mass is 364 g/mol. The van der Waals surface area contributed by atoms with Crippen molar-refractivity contribution < 1.29 is 14.3 Å². The maximum Gasteiger partial charge on any atom is 0.240 e. The van der Waals surface area contributed by atoms with E-state index in [0.717, 1.165) is 32.2 Å². The number of benzene rings is 1. The molecule has 1 N–H and O–H groups in total. The van der Waals surface area contributed by atoms with Crippen LogP contribution in [0, 0.1) is 5.41 Å². The van der Waals surface area contributed by atoms with Crippen molar-refractivity contribution in [3.63, 3.8) is 0 Å². The molecule has 2 fully saturated rings. The molecule has 25 heavy (non-hydrogen) atoms. The van der Waals surface area contributed by atoms with Crippen LogP contribution in [0.15, 0.2) is 18.2 Å². The lowest BCUT2D eigenvalue weighted by molar-refractivity contribution is -0.145. The summed E-state index contributed by atoms with van der Waals surface area (Å²) < 4.78 is 5.28. The van der Waals surface area contributed by atoms with Gasteiger partial charge in [0.15, 0.2) is 0 Å². The van der Waals surface area contributed by atoms with Crippen LogP contribution >= 0.6 is 11.6 Å². The summed E-state index contributed by atoms with van der Waals surface area (Å²) in [6.45, 7) is 2.86. The first-order valence-corrected chi connectivity index (χ1v) is 9.35. The van der Waals surface area contributed by atoms with E-state index in [1.54, 1.807) is 18.2 Å². The molecule has 1 aliphatic carbocycles. The molecule has 1 atom stereocenters. The first-order chi connectivity index (χ1) is 12.0. The maximum absolute atomic E-state index is 13.1. The zero-order valence-corrected chi connectivity index (χ0v) is 15.6. The van der Waals surface area contributed by atoms with Crippen molar-refractivity contribution in [1.82, 2.24) is 4.90 Å². The fourth-order valence-corrected chi connectivity index (χ4v) is 3.82. The van der Waals surface area contributed by atoms with Gasteiger partial charge in [0, 0.05) is 17.6 Å². The number of carbonyl (C=O) groups excluding carboxylic acids is 2. The van der Waals surface area contributed by atoms with Gasteiger partial charge in [-0.05, 0) is 56.7 Å². The lowest BCUT2D eigenvalue weighted by Crippen LogP contribution is -2.49. The van der Waals surface area contributed by atoms with Gasteiger partial charge in [0.05, 0.1) is 12.8 Å². The number of ether oxygens (including phenoxy) is 1. The van der Waals surface area contributed by atoms with Crippen LogP contribution in [0.3, 0.4) is 0 Å². The van der Waals surface area contributed by atoms with Crippen molar-refractivity contribution >= 4 is 29.1 Å². The van der Waals surface area contributed by atoms with E-state index in [1.165, 1.54) is 7.11 Å². The molecule has 1 unspecified atom stereocenters. The predicted octanol–water partition coefficient (Wildman–Crippen LogP) is 3.86. The molecule has 1 aliphatic heterocycles. The van der Waals surface area contributed by atoms with Crippen LogP contribution in [-0.2, 0) is 9.59 Å². The molecule has 136 valence electrons. The van der Waals surface area contributed by atoms with Gasteiger partial charge in [-0.25, -0.2) is 0 Å². The highest BCUT2D eigenvalue weighted by Crippen LogP contribution is 2.49. The minimum Gasteiger partial charge on any atom is -0.495 e. The highest BCUT2D eigenvalue weighted by Gasteiger charge is 2.58. The first-order valence-electron chi connectivity index (χ1n) is 8.98. The molecule has 6 heteroatoms. The third-order valence-electron chi connectivity index (χ3n) is 5.36. The Kier molecular flexibility index (Phi) is 5.23. The summed E-state index contributed by atoms with van der Waals surface area (Å²) in [5.41, 5.74) is -0.414. The molecule has 0 radical (unpaired) electrons. The topological polar surface area (TPSA) is 58.6 Å². The quantitative estimate of drug-likeness (QED) is 0.807. The molecule has 0 bridgehead atoms. The number of carbonyl (C=O) groups is 2. The summed E-state index contributed by atoms with van der Waals surface area (Å²) in [7, 11) is 1.54. The number of halogens is 1. The van der Waals surface area contributed by atoms with Gasteiger partial charge < -0.3 is 15.0 Å². The lowest BCUT2D eigenvalue weighted by Gasteiger charge is -2.37. The summed E-state index contributed by atoms with van der Waals surface area (Å²) in [4.78, 5) is 27.9. The van der Waals surface area contributed by atoms with Crippen LogP contribution in [0.4, 0.5) is 5.69 Å². The Hall–Kier alpha value is -1.75. The molecule has 1 saturated carbocycles. The Balaban J connectivity index is 1.77. The Bertz CT molecular complexity index is 673. The summed E-state index contributed by atoms with van der Waals surface area (Å²) in [6, 6.07) is 5.31.